The molecule has 0 radical (unpaired) electrons. The van der Waals surface area contributed by atoms with Gasteiger partial charge in [0.2, 0.25) is 5.95 Å². The Morgan fingerprint density at radius 2 is 1.91 bits per heavy atom. The van der Waals surface area contributed by atoms with Gasteiger partial charge >= 0.3 is 5.97 Å². The van der Waals surface area contributed by atoms with Crippen LogP contribution in [0.1, 0.15) is 22.1 Å². The van der Waals surface area contributed by atoms with Gasteiger partial charge in [0, 0.05) is 5.56 Å². The van der Waals surface area contributed by atoms with E-state index in [1.54, 1.807) is 24.3 Å². The summed E-state index contributed by atoms with van der Waals surface area (Å²) in [5.41, 5.74) is 8.27. The third-order valence-electron chi connectivity index (χ3n) is 3.81. The number of nitrogens with zero attached hydrogens (tertiary/aromatic N) is 3. The van der Waals surface area contributed by atoms with Crippen LogP contribution in [-0.4, -0.2) is 26.6 Å². The molecule has 0 bridgehead atoms. The predicted octanol–water partition coefficient (Wildman–Crippen LogP) is 2.02. The monoisotopic (exact) mass is 307 g/mol. The molecule has 0 fully saturated rings. The molecule has 7 heteroatoms. The summed E-state index contributed by atoms with van der Waals surface area (Å²) in [5.74, 6) is -0.249. The number of anilines is 1. The van der Waals surface area contributed by atoms with Gasteiger partial charge in [0.05, 0.1) is 16.6 Å². The van der Waals surface area contributed by atoms with E-state index in [2.05, 4.69) is 15.3 Å². The zero-order chi connectivity index (χ0) is 16.0. The minimum Gasteiger partial charge on any atom is -0.478 e. The Balaban J connectivity index is 2.00. The number of carboxylic acids is 1. The van der Waals surface area contributed by atoms with Gasteiger partial charge in [-0.1, -0.05) is 30.3 Å². The zero-order valence-electron chi connectivity index (χ0n) is 12.0. The average Bonchev–Trinajstić information content (AvgIpc) is 2.92. The Morgan fingerprint density at radius 1 is 1.17 bits per heavy atom. The predicted molar refractivity (Wildman–Crippen MR) is 86.5 cm³/mol. The second-order valence-electron chi connectivity index (χ2n) is 5.20. The first-order valence-electron chi connectivity index (χ1n) is 7.04. The molecule has 0 aliphatic carbocycles. The third kappa shape index (κ3) is 2.02. The van der Waals surface area contributed by atoms with Crippen LogP contribution in [0.4, 0.5) is 5.95 Å². The number of carbonyl (C=O) groups is 1. The number of imidazole rings is 1. The average molecular weight is 307 g/mol. The van der Waals surface area contributed by atoms with Gasteiger partial charge in [-0.3, -0.25) is 9.88 Å². The molecule has 1 aliphatic heterocycles. The minimum absolute atomic E-state index is 0.194. The maximum absolute atomic E-state index is 11.5. The summed E-state index contributed by atoms with van der Waals surface area (Å²) in [7, 11) is 0. The number of carboxylic acid groups (broad SMARTS) is 1. The van der Waals surface area contributed by atoms with E-state index in [-0.39, 0.29) is 11.5 Å². The highest BCUT2D eigenvalue weighted by Crippen LogP contribution is 2.33. The van der Waals surface area contributed by atoms with Crippen LogP contribution in [0.3, 0.4) is 0 Å². The van der Waals surface area contributed by atoms with Gasteiger partial charge in [0.25, 0.3) is 0 Å². The Bertz CT molecular complexity index is 960. The largest absolute Gasteiger partial charge is 0.478 e. The molecule has 23 heavy (non-hydrogen) atoms. The Kier molecular flexibility index (Phi) is 2.80. The summed E-state index contributed by atoms with van der Waals surface area (Å²) < 4.78 is 1.85. The fourth-order valence-corrected chi connectivity index (χ4v) is 2.84. The molecule has 1 aromatic heterocycles. The van der Waals surface area contributed by atoms with Crippen LogP contribution >= 0.6 is 0 Å². The van der Waals surface area contributed by atoms with Crippen LogP contribution in [0.5, 0.6) is 0 Å². The fourth-order valence-electron chi connectivity index (χ4n) is 2.84. The molecule has 4 rings (SSSR count). The molecule has 7 nitrogen and oxygen atoms in total. The van der Waals surface area contributed by atoms with Crippen LogP contribution in [-0.2, 0) is 0 Å². The van der Waals surface area contributed by atoms with Crippen molar-refractivity contribution in [2.75, 3.05) is 5.32 Å². The SMILES string of the molecule is NC1=NC(c2ccccc2C(=O)O)n2c(nc3ccccc32)N1. The van der Waals surface area contributed by atoms with E-state index in [4.69, 9.17) is 5.73 Å². The van der Waals surface area contributed by atoms with Crippen molar-refractivity contribution in [3.63, 3.8) is 0 Å². The molecule has 3 aromatic rings. The van der Waals surface area contributed by atoms with Crippen molar-refractivity contribution in [3.05, 3.63) is 59.7 Å². The quantitative estimate of drug-likeness (QED) is 0.671. The molecule has 0 amide bonds. The van der Waals surface area contributed by atoms with Crippen molar-refractivity contribution in [1.29, 1.82) is 0 Å². The van der Waals surface area contributed by atoms with E-state index in [1.807, 2.05) is 28.8 Å². The van der Waals surface area contributed by atoms with Crippen molar-refractivity contribution in [3.8, 4) is 0 Å². The van der Waals surface area contributed by atoms with Crippen LogP contribution in [0, 0.1) is 0 Å². The van der Waals surface area contributed by atoms with E-state index in [9.17, 15) is 9.90 Å². The molecule has 114 valence electrons. The van der Waals surface area contributed by atoms with Gasteiger partial charge in [0.15, 0.2) is 12.1 Å². The van der Waals surface area contributed by atoms with E-state index in [1.165, 1.54) is 0 Å². The summed E-state index contributed by atoms with van der Waals surface area (Å²) >= 11 is 0. The number of para-hydroxylation sites is 2. The smallest absolute Gasteiger partial charge is 0.336 e. The molecule has 1 atom stereocenters. The van der Waals surface area contributed by atoms with E-state index < -0.39 is 12.1 Å². The number of nitrogens with one attached hydrogen (secondary N) is 1. The highest BCUT2D eigenvalue weighted by Gasteiger charge is 2.27. The number of hydrogen-bond donors (Lipinski definition) is 3. The number of guanidine groups is 1. The number of fused-ring (bicyclic) bond motifs is 3. The van der Waals surface area contributed by atoms with Crippen LogP contribution in [0.2, 0.25) is 0 Å². The van der Waals surface area contributed by atoms with E-state index in [0.29, 0.717) is 11.5 Å². The summed E-state index contributed by atoms with van der Waals surface area (Å²) in [5, 5.41) is 12.4. The van der Waals surface area contributed by atoms with Crippen molar-refractivity contribution in [1.82, 2.24) is 9.55 Å². The Labute approximate surface area is 131 Å². The normalized spacial score (nSPS) is 16.5. The number of aromatic nitrogens is 2. The first kappa shape index (κ1) is 13.3. The topological polar surface area (TPSA) is 106 Å². The van der Waals surface area contributed by atoms with Gasteiger partial charge in [-0.05, 0) is 18.2 Å². The van der Waals surface area contributed by atoms with Gasteiger partial charge in [-0.2, -0.15) is 0 Å². The lowest BCUT2D eigenvalue weighted by Crippen LogP contribution is -2.32. The first-order chi connectivity index (χ1) is 11.1. The van der Waals surface area contributed by atoms with E-state index >= 15 is 0 Å². The number of hydrogen-bond acceptors (Lipinski definition) is 5. The number of rotatable bonds is 2. The summed E-state index contributed by atoms with van der Waals surface area (Å²) in [4.78, 5) is 20.4. The molecule has 4 N–H and O–H groups in total. The molecule has 2 heterocycles. The molecule has 1 aliphatic rings. The van der Waals surface area contributed by atoms with Crippen LogP contribution in [0.15, 0.2) is 53.5 Å². The second-order valence-corrected chi connectivity index (χ2v) is 5.20. The first-order valence-corrected chi connectivity index (χ1v) is 7.04. The van der Waals surface area contributed by atoms with Crippen molar-refractivity contribution >= 4 is 28.9 Å². The Morgan fingerprint density at radius 3 is 2.74 bits per heavy atom. The molecule has 0 spiro atoms. The van der Waals surface area contributed by atoms with Crippen LogP contribution < -0.4 is 11.1 Å². The highest BCUT2D eigenvalue weighted by molar-refractivity contribution is 5.95. The van der Waals surface area contributed by atoms with Crippen LogP contribution in [0.25, 0.3) is 11.0 Å². The van der Waals surface area contributed by atoms with Crippen molar-refractivity contribution in [2.24, 2.45) is 10.7 Å². The van der Waals surface area contributed by atoms with Gasteiger partial charge in [0.1, 0.15) is 0 Å². The minimum atomic E-state index is -1.00. The zero-order valence-corrected chi connectivity index (χ0v) is 12.0. The molecular formula is C16H13N5O2. The number of benzene rings is 2. The number of aromatic carboxylic acids is 1. The standard InChI is InChI=1S/C16H13N5O2/c17-15-19-13(9-5-1-2-6-10(9)14(22)23)21-12-8-4-3-7-11(12)18-16(21)20-15/h1-8,13H,(H,22,23)(H3,17,18,19,20). The molecule has 0 saturated heterocycles. The lowest BCUT2D eigenvalue weighted by molar-refractivity contribution is 0.0695. The van der Waals surface area contributed by atoms with Crippen molar-refractivity contribution in [2.45, 2.75) is 6.17 Å². The highest BCUT2D eigenvalue weighted by atomic mass is 16.4. The third-order valence-corrected chi connectivity index (χ3v) is 3.81. The molecule has 0 saturated carbocycles. The van der Waals surface area contributed by atoms with Gasteiger partial charge in [-0.15, -0.1) is 0 Å². The maximum atomic E-state index is 11.5. The lowest BCUT2D eigenvalue weighted by atomic mass is 10.0. The molecule has 2 aromatic carbocycles. The summed E-state index contributed by atoms with van der Waals surface area (Å²) in [6.07, 6.45) is -0.578. The van der Waals surface area contributed by atoms with Gasteiger partial charge in [-0.25, -0.2) is 14.8 Å². The summed E-state index contributed by atoms with van der Waals surface area (Å²) in [6.45, 7) is 0. The molecular weight excluding hydrogens is 294 g/mol. The maximum Gasteiger partial charge on any atom is 0.336 e. The number of nitrogens with two attached hydrogens (primary N) is 1. The fraction of sp³-hybridized carbons (Fsp3) is 0.0625. The lowest BCUT2D eigenvalue weighted by Gasteiger charge is -2.24. The van der Waals surface area contributed by atoms with Gasteiger partial charge < -0.3 is 10.8 Å². The Hall–Kier alpha value is -3.35. The summed E-state index contributed by atoms with van der Waals surface area (Å²) in [6, 6.07) is 14.4. The second kappa shape index (κ2) is 4.84. The number of aliphatic imine (C=N–C) groups is 1. The van der Waals surface area contributed by atoms with E-state index in [0.717, 1.165) is 11.0 Å². The van der Waals surface area contributed by atoms with Crippen molar-refractivity contribution < 1.29 is 9.90 Å². The molecule has 1 unspecified atom stereocenters.